The lowest BCUT2D eigenvalue weighted by Gasteiger charge is -2.40. The standard InChI is InChI=1S/C18H30O2/c19-15-11-17-9-7-5-3-1-2-4-6-8-10-18(17,13-15)14-16(20)12-17/h15,19H,1-14H2. The Labute approximate surface area is 123 Å². The van der Waals surface area contributed by atoms with Gasteiger partial charge in [-0.1, -0.05) is 51.4 Å². The van der Waals surface area contributed by atoms with Gasteiger partial charge in [-0.3, -0.25) is 4.79 Å². The van der Waals surface area contributed by atoms with Crippen molar-refractivity contribution in [2.75, 3.05) is 0 Å². The Balaban J connectivity index is 1.80. The molecule has 0 saturated heterocycles. The van der Waals surface area contributed by atoms with Crippen LogP contribution >= 0.6 is 0 Å². The van der Waals surface area contributed by atoms with E-state index in [9.17, 15) is 9.90 Å². The number of carbonyl (C=O) groups excluding carboxylic acids is 1. The van der Waals surface area contributed by atoms with E-state index in [4.69, 9.17) is 0 Å². The highest BCUT2D eigenvalue weighted by Gasteiger charge is 2.61. The zero-order valence-electron chi connectivity index (χ0n) is 12.8. The number of Topliss-reactive ketones (excluding diaryl/α,β-unsaturated/α-hetero) is 1. The van der Waals surface area contributed by atoms with Gasteiger partial charge in [0, 0.05) is 12.8 Å². The maximum atomic E-state index is 12.2. The van der Waals surface area contributed by atoms with E-state index >= 15 is 0 Å². The fourth-order valence-electron chi connectivity index (χ4n) is 5.64. The first-order chi connectivity index (χ1) is 9.66. The molecule has 20 heavy (non-hydrogen) atoms. The van der Waals surface area contributed by atoms with Crippen LogP contribution in [-0.2, 0) is 4.79 Å². The summed E-state index contributed by atoms with van der Waals surface area (Å²) in [6.07, 6.45) is 16.2. The number of hydrogen-bond donors (Lipinski definition) is 1. The quantitative estimate of drug-likeness (QED) is 0.713. The lowest BCUT2D eigenvalue weighted by Crippen LogP contribution is -2.32. The minimum atomic E-state index is -0.145. The van der Waals surface area contributed by atoms with Crippen molar-refractivity contribution in [1.29, 1.82) is 0 Å². The van der Waals surface area contributed by atoms with Crippen LogP contribution in [0.5, 0.6) is 0 Å². The van der Waals surface area contributed by atoms with Gasteiger partial charge in [-0.05, 0) is 36.5 Å². The molecular weight excluding hydrogens is 248 g/mol. The Morgan fingerprint density at radius 2 is 1.15 bits per heavy atom. The molecule has 2 heteroatoms. The third-order valence-corrected chi connectivity index (χ3v) is 6.51. The first-order valence-corrected chi connectivity index (χ1v) is 8.86. The molecule has 3 aliphatic carbocycles. The van der Waals surface area contributed by atoms with Crippen molar-refractivity contribution >= 4 is 5.78 Å². The molecule has 3 rings (SSSR count). The molecule has 0 radical (unpaired) electrons. The van der Waals surface area contributed by atoms with Crippen molar-refractivity contribution in [3.63, 3.8) is 0 Å². The Hall–Kier alpha value is -0.370. The molecule has 0 aromatic carbocycles. The lowest BCUT2D eigenvalue weighted by molar-refractivity contribution is -0.118. The average molecular weight is 278 g/mol. The van der Waals surface area contributed by atoms with Crippen LogP contribution in [0.1, 0.15) is 89.9 Å². The molecule has 2 atom stereocenters. The summed E-state index contributed by atoms with van der Waals surface area (Å²) in [6, 6.07) is 0. The third kappa shape index (κ3) is 2.56. The van der Waals surface area contributed by atoms with Gasteiger partial charge in [0.2, 0.25) is 0 Å². The highest BCUT2D eigenvalue weighted by atomic mass is 16.3. The van der Waals surface area contributed by atoms with Gasteiger partial charge < -0.3 is 5.11 Å². The Kier molecular flexibility index (Phi) is 4.21. The fraction of sp³-hybridized carbons (Fsp3) is 0.944. The summed E-state index contributed by atoms with van der Waals surface area (Å²) in [6.45, 7) is 0. The summed E-state index contributed by atoms with van der Waals surface area (Å²) in [5.74, 6) is 0.478. The van der Waals surface area contributed by atoms with Crippen LogP contribution in [0.2, 0.25) is 0 Å². The summed E-state index contributed by atoms with van der Waals surface area (Å²) >= 11 is 0. The first-order valence-electron chi connectivity index (χ1n) is 8.86. The molecule has 0 aromatic heterocycles. The second kappa shape index (κ2) is 5.79. The van der Waals surface area contributed by atoms with Gasteiger partial charge in [0.1, 0.15) is 5.78 Å². The minimum Gasteiger partial charge on any atom is -0.393 e. The van der Waals surface area contributed by atoms with E-state index in [0.717, 1.165) is 25.7 Å². The molecule has 114 valence electrons. The lowest BCUT2D eigenvalue weighted by atomic mass is 9.63. The van der Waals surface area contributed by atoms with Gasteiger partial charge in [0.15, 0.2) is 0 Å². The Morgan fingerprint density at radius 3 is 1.60 bits per heavy atom. The van der Waals surface area contributed by atoms with Gasteiger partial charge in [-0.25, -0.2) is 0 Å². The summed E-state index contributed by atoms with van der Waals surface area (Å²) < 4.78 is 0. The molecule has 0 spiro atoms. The molecule has 1 N–H and O–H groups in total. The number of carbonyl (C=O) groups is 1. The molecule has 0 heterocycles. The van der Waals surface area contributed by atoms with Crippen LogP contribution in [0, 0.1) is 10.8 Å². The van der Waals surface area contributed by atoms with E-state index < -0.39 is 0 Å². The predicted molar refractivity (Wildman–Crippen MR) is 80.5 cm³/mol. The SMILES string of the molecule is O=C1CC23CCCCCCCCCCC2(C1)CC(O)C3. The second-order valence-corrected chi connectivity index (χ2v) is 7.84. The van der Waals surface area contributed by atoms with Crippen molar-refractivity contribution in [2.24, 2.45) is 10.8 Å². The molecular formula is C18H30O2. The first kappa shape index (κ1) is 14.6. The Bertz CT molecular complexity index is 332. The molecule has 2 nitrogen and oxygen atoms in total. The van der Waals surface area contributed by atoms with E-state index in [1.807, 2.05) is 0 Å². The molecule has 3 fully saturated rings. The number of rotatable bonds is 0. The Morgan fingerprint density at radius 1 is 0.750 bits per heavy atom. The van der Waals surface area contributed by atoms with E-state index in [2.05, 4.69) is 0 Å². The zero-order valence-corrected chi connectivity index (χ0v) is 12.8. The van der Waals surface area contributed by atoms with E-state index in [1.165, 1.54) is 64.2 Å². The number of aliphatic hydroxyl groups is 1. The monoisotopic (exact) mass is 278 g/mol. The van der Waals surface area contributed by atoms with Gasteiger partial charge in [0.25, 0.3) is 0 Å². The van der Waals surface area contributed by atoms with Crippen molar-refractivity contribution in [2.45, 2.75) is 96.0 Å². The number of aliphatic hydroxyl groups excluding tert-OH is 1. The topological polar surface area (TPSA) is 37.3 Å². The largest absolute Gasteiger partial charge is 0.393 e. The fourth-order valence-corrected chi connectivity index (χ4v) is 5.64. The molecule has 0 aromatic rings. The van der Waals surface area contributed by atoms with Crippen molar-refractivity contribution < 1.29 is 9.90 Å². The van der Waals surface area contributed by atoms with E-state index in [-0.39, 0.29) is 16.9 Å². The summed E-state index contributed by atoms with van der Waals surface area (Å²) in [5, 5.41) is 10.3. The summed E-state index contributed by atoms with van der Waals surface area (Å²) in [5.41, 5.74) is 0.339. The molecule has 3 saturated carbocycles. The van der Waals surface area contributed by atoms with Crippen LogP contribution in [0.3, 0.4) is 0 Å². The highest BCUT2D eigenvalue weighted by molar-refractivity contribution is 5.83. The van der Waals surface area contributed by atoms with E-state index in [1.54, 1.807) is 0 Å². The molecule has 3 aliphatic rings. The maximum absolute atomic E-state index is 12.2. The van der Waals surface area contributed by atoms with Gasteiger partial charge >= 0.3 is 0 Å². The second-order valence-electron chi connectivity index (χ2n) is 7.84. The van der Waals surface area contributed by atoms with Crippen molar-refractivity contribution in [3.05, 3.63) is 0 Å². The summed E-state index contributed by atoms with van der Waals surface area (Å²) in [7, 11) is 0. The number of ketones is 1. The smallest absolute Gasteiger partial charge is 0.134 e. The van der Waals surface area contributed by atoms with Gasteiger partial charge in [0.05, 0.1) is 6.10 Å². The van der Waals surface area contributed by atoms with Crippen molar-refractivity contribution in [1.82, 2.24) is 0 Å². The van der Waals surface area contributed by atoms with Crippen LogP contribution in [-0.4, -0.2) is 17.0 Å². The minimum absolute atomic E-state index is 0.145. The third-order valence-electron chi connectivity index (χ3n) is 6.51. The van der Waals surface area contributed by atoms with Crippen LogP contribution < -0.4 is 0 Å². The normalized spacial score (nSPS) is 43.5. The molecule has 2 unspecified atom stereocenters. The summed E-state index contributed by atoms with van der Waals surface area (Å²) in [4.78, 5) is 12.2. The predicted octanol–water partition coefficient (Wildman–Crippen LogP) is 4.39. The zero-order chi connectivity index (χ0) is 14.1. The van der Waals surface area contributed by atoms with Crippen molar-refractivity contribution in [3.8, 4) is 0 Å². The van der Waals surface area contributed by atoms with Gasteiger partial charge in [-0.2, -0.15) is 0 Å². The van der Waals surface area contributed by atoms with E-state index in [0.29, 0.717) is 5.78 Å². The average Bonchev–Trinajstić information content (AvgIpc) is 2.75. The van der Waals surface area contributed by atoms with Gasteiger partial charge in [-0.15, -0.1) is 0 Å². The maximum Gasteiger partial charge on any atom is 0.134 e. The highest BCUT2D eigenvalue weighted by Crippen LogP contribution is 2.66. The van der Waals surface area contributed by atoms with Crippen LogP contribution in [0.25, 0.3) is 0 Å². The van der Waals surface area contributed by atoms with Crippen LogP contribution in [0.4, 0.5) is 0 Å². The number of hydrogen-bond acceptors (Lipinski definition) is 2. The molecule has 0 amide bonds. The molecule has 0 aliphatic heterocycles. The van der Waals surface area contributed by atoms with Crippen LogP contribution in [0.15, 0.2) is 0 Å². The molecule has 0 bridgehead atoms.